The fourth-order valence-corrected chi connectivity index (χ4v) is 3.85. The lowest BCUT2D eigenvalue weighted by Gasteiger charge is -2.18. The van der Waals surface area contributed by atoms with Gasteiger partial charge in [0.15, 0.2) is 0 Å². The standard InChI is InChI=1S/C25H26ClN5O/c1-17-4-10-22(21(14-17)25(32)30-23-11-9-20(26)16-29-23)28-15-18-5-7-19(8-6-18)24(27)31-12-2-3-13-31/h4-11,14,16,27-28H,2-3,12-13,15H2,1H3,(H,29,30,32). The van der Waals surface area contributed by atoms with Gasteiger partial charge in [-0.1, -0.05) is 47.5 Å². The molecule has 32 heavy (non-hydrogen) atoms. The third-order valence-electron chi connectivity index (χ3n) is 5.52. The number of carbonyl (C=O) groups is 1. The molecule has 4 rings (SSSR count). The number of anilines is 2. The first-order valence-corrected chi connectivity index (χ1v) is 11.1. The van der Waals surface area contributed by atoms with Crippen LogP contribution in [0.5, 0.6) is 0 Å². The Kier molecular flexibility index (Phi) is 6.71. The van der Waals surface area contributed by atoms with E-state index in [0.29, 0.717) is 28.8 Å². The molecule has 2 aromatic carbocycles. The maximum absolute atomic E-state index is 12.9. The Labute approximate surface area is 193 Å². The molecule has 1 amide bonds. The van der Waals surface area contributed by atoms with Crippen LogP contribution in [0.15, 0.2) is 60.8 Å². The molecule has 7 heteroatoms. The summed E-state index contributed by atoms with van der Waals surface area (Å²) in [5.41, 5.74) is 4.30. The maximum Gasteiger partial charge on any atom is 0.258 e. The van der Waals surface area contributed by atoms with E-state index in [1.807, 2.05) is 49.4 Å². The Morgan fingerprint density at radius 2 is 1.84 bits per heavy atom. The molecule has 1 aliphatic heterocycles. The van der Waals surface area contributed by atoms with Crippen molar-refractivity contribution in [2.45, 2.75) is 26.3 Å². The number of likely N-dealkylation sites (tertiary alicyclic amines) is 1. The van der Waals surface area contributed by atoms with Crippen LogP contribution < -0.4 is 10.6 Å². The summed E-state index contributed by atoms with van der Waals surface area (Å²) in [5, 5.41) is 15.1. The Hall–Kier alpha value is -3.38. The van der Waals surface area contributed by atoms with E-state index in [9.17, 15) is 4.79 Å². The van der Waals surface area contributed by atoms with Crippen LogP contribution in [0.2, 0.25) is 5.02 Å². The van der Waals surface area contributed by atoms with Crippen LogP contribution in [-0.2, 0) is 6.54 Å². The number of amidine groups is 1. The first-order chi connectivity index (χ1) is 15.5. The van der Waals surface area contributed by atoms with E-state index in [2.05, 4.69) is 20.5 Å². The highest BCUT2D eigenvalue weighted by molar-refractivity contribution is 6.30. The van der Waals surface area contributed by atoms with Crippen molar-refractivity contribution in [2.75, 3.05) is 23.7 Å². The number of rotatable bonds is 6. The van der Waals surface area contributed by atoms with Gasteiger partial charge in [0.25, 0.3) is 5.91 Å². The number of amides is 1. The molecule has 0 radical (unpaired) electrons. The van der Waals surface area contributed by atoms with Crippen LogP contribution >= 0.6 is 11.6 Å². The molecule has 1 saturated heterocycles. The van der Waals surface area contributed by atoms with Crippen LogP contribution in [-0.4, -0.2) is 34.7 Å². The third-order valence-corrected chi connectivity index (χ3v) is 5.74. The lowest BCUT2D eigenvalue weighted by Crippen LogP contribution is -2.27. The number of nitrogens with one attached hydrogen (secondary N) is 3. The third kappa shape index (κ3) is 5.26. The second-order valence-electron chi connectivity index (χ2n) is 7.96. The molecular weight excluding hydrogens is 422 g/mol. The monoisotopic (exact) mass is 447 g/mol. The molecule has 1 aromatic heterocycles. The molecule has 3 aromatic rings. The molecule has 164 valence electrons. The zero-order valence-electron chi connectivity index (χ0n) is 18.0. The second kappa shape index (κ2) is 9.83. The first kappa shape index (κ1) is 21.8. The Morgan fingerprint density at radius 1 is 1.09 bits per heavy atom. The number of hydrogen-bond donors (Lipinski definition) is 3. The summed E-state index contributed by atoms with van der Waals surface area (Å²) < 4.78 is 0. The summed E-state index contributed by atoms with van der Waals surface area (Å²) in [5.74, 6) is 0.804. The van der Waals surface area contributed by atoms with Gasteiger partial charge in [0.2, 0.25) is 0 Å². The van der Waals surface area contributed by atoms with Crippen LogP contribution in [0.25, 0.3) is 0 Å². The van der Waals surface area contributed by atoms with Gasteiger partial charge in [-0.25, -0.2) is 4.98 Å². The van der Waals surface area contributed by atoms with Gasteiger partial charge in [-0.15, -0.1) is 0 Å². The average molecular weight is 448 g/mol. The molecular formula is C25H26ClN5O. The van der Waals surface area contributed by atoms with Crippen molar-refractivity contribution in [1.82, 2.24) is 9.88 Å². The largest absolute Gasteiger partial charge is 0.380 e. The summed E-state index contributed by atoms with van der Waals surface area (Å²) in [6.45, 7) is 4.45. The first-order valence-electron chi connectivity index (χ1n) is 10.7. The van der Waals surface area contributed by atoms with E-state index >= 15 is 0 Å². The highest BCUT2D eigenvalue weighted by Gasteiger charge is 2.16. The van der Waals surface area contributed by atoms with Gasteiger partial charge in [0.1, 0.15) is 11.7 Å². The number of aromatic nitrogens is 1. The van der Waals surface area contributed by atoms with Crippen LogP contribution in [0, 0.1) is 12.3 Å². The van der Waals surface area contributed by atoms with Gasteiger partial charge >= 0.3 is 0 Å². The van der Waals surface area contributed by atoms with E-state index in [4.69, 9.17) is 17.0 Å². The molecule has 3 N–H and O–H groups in total. The number of halogens is 1. The predicted octanol–water partition coefficient (Wildman–Crippen LogP) is 5.33. The van der Waals surface area contributed by atoms with Crippen molar-refractivity contribution in [3.05, 3.63) is 88.1 Å². The molecule has 0 aliphatic carbocycles. The molecule has 1 aliphatic rings. The summed E-state index contributed by atoms with van der Waals surface area (Å²) in [7, 11) is 0. The van der Waals surface area contributed by atoms with Crippen LogP contribution in [0.1, 0.15) is 39.9 Å². The number of nitrogens with zero attached hydrogens (tertiary/aromatic N) is 2. The van der Waals surface area contributed by atoms with Crippen molar-refractivity contribution >= 4 is 34.8 Å². The number of hydrogen-bond acceptors (Lipinski definition) is 4. The Balaban J connectivity index is 1.43. The zero-order valence-corrected chi connectivity index (χ0v) is 18.7. The highest BCUT2D eigenvalue weighted by atomic mass is 35.5. The minimum atomic E-state index is -0.236. The van der Waals surface area contributed by atoms with Gasteiger partial charge in [-0.2, -0.15) is 0 Å². The summed E-state index contributed by atoms with van der Waals surface area (Å²) in [6, 6.07) is 17.1. The lowest BCUT2D eigenvalue weighted by molar-refractivity contribution is 0.102. The van der Waals surface area contributed by atoms with E-state index in [-0.39, 0.29) is 5.91 Å². The predicted molar refractivity (Wildman–Crippen MR) is 130 cm³/mol. The summed E-state index contributed by atoms with van der Waals surface area (Å²) in [4.78, 5) is 19.1. The number of aryl methyl sites for hydroxylation is 1. The second-order valence-corrected chi connectivity index (χ2v) is 8.39. The van der Waals surface area contributed by atoms with Crippen molar-refractivity contribution < 1.29 is 4.79 Å². The van der Waals surface area contributed by atoms with Gasteiger partial charge in [-0.3, -0.25) is 10.2 Å². The summed E-state index contributed by atoms with van der Waals surface area (Å²) in [6.07, 6.45) is 3.81. The Morgan fingerprint density at radius 3 is 2.53 bits per heavy atom. The van der Waals surface area contributed by atoms with E-state index in [1.165, 1.54) is 6.20 Å². The van der Waals surface area contributed by atoms with Crippen molar-refractivity contribution in [3.63, 3.8) is 0 Å². The number of pyridine rings is 1. The van der Waals surface area contributed by atoms with E-state index < -0.39 is 0 Å². The Bertz CT molecular complexity index is 1110. The number of carbonyl (C=O) groups excluding carboxylic acids is 1. The lowest BCUT2D eigenvalue weighted by atomic mass is 10.1. The van der Waals surface area contributed by atoms with E-state index in [1.54, 1.807) is 12.1 Å². The normalized spacial score (nSPS) is 13.1. The summed E-state index contributed by atoms with van der Waals surface area (Å²) >= 11 is 5.87. The number of benzene rings is 2. The molecule has 0 spiro atoms. The van der Waals surface area contributed by atoms with Gasteiger partial charge in [-0.05, 0) is 49.6 Å². The highest BCUT2D eigenvalue weighted by Crippen LogP contribution is 2.21. The smallest absolute Gasteiger partial charge is 0.258 e. The molecule has 2 heterocycles. The molecule has 1 fully saturated rings. The van der Waals surface area contributed by atoms with Gasteiger partial charge < -0.3 is 15.5 Å². The zero-order chi connectivity index (χ0) is 22.5. The minimum absolute atomic E-state index is 0.236. The molecule has 0 unspecified atom stereocenters. The van der Waals surface area contributed by atoms with Crippen LogP contribution in [0.3, 0.4) is 0 Å². The van der Waals surface area contributed by atoms with Gasteiger partial charge in [0, 0.05) is 37.1 Å². The van der Waals surface area contributed by atoms with Gasteiger partial charge in [0.05, 0.1) is 10.6 Å². The SMILES string of the molecule is Cc1ccc(NCc2ccc(C(=N)N3CCCC3)cc2)c(C(=O)Nc2ccc(Cl)cn2)c1. The molecule has 0 atom stereocenters. The quantitative estimate of drug-likeness (QED) is 0.352. The minimum Gasteiger partial charge on any atom is -0.380 e. The molecule has 0 bridgehead atoms. The van der Waals surface area contributed by atoms with Crippen LogP contribution in [0.4, 0.5) is 11.5 Å². The average Bonchev–Trinajstić information content (AvgIpc) is 3.34. The topological polar surface area (TPSA) is 81.1 Å². The van der Waals surface area contributed by atoms with Crippen molar-refractivity contribution in [1.29, 1.82) is 5.41 Å². The fourth-order valence-electron chi connectivity index (χ4n) is 3.73. The molecule has 6 nitrogen and oxygen atoms in total. The van der Waals surface area contributed by atoms with Crippen molar-refractivity contribution in [2.24, 2.45) is 0 Å². The van der Waals surface area contributed by atoms with Crippen molar-refractivity contribution in [3.8, 4) is 0 Å². The maximum atomic E-state index is 12.9. The fraction of sp³-hybridized carbons (Fsp3) is 0.240. The van der Waals surface area contributed by atoms with E-state index in [0.717, 1.165) is 48.3 Å². The molecule has 0 saturated carbocycles.